The molecule has 0 aliphatic heterocycles. The molecule has 0 aliphatic rings. The quantitative estimate of drug-likeness (QED) is 0.636. The zero-order chi connectivity index (χ0) is 20.8. The minimum absolute atomic E-state index is 0.202. The fourth-order valence-corrected chi connectivity index (χ4v) is 2.76. The lowest BCUT2D eigenvalue weighted by Gasteiger charge is -2.12. The predicted octanol–water partition coefficient (Wildman–Crippen LogP) is 3.79. The molecule has 0 aliphatic carbocycles. The summed E-state index contributed by atoms with van der Waals surface area (Å²) in [6.45, 7) is 2.17. The highest BCUT2D eigenvalue weighted by Gasteiger charge is 2.13. The van der Waals surface area contributed by atoms with E-state index < -0.39 is 0 Å². The van der Waals surface area contributed by atoms with Gasteiger partial charge in [0.15, 0.2) is 17.3 Å². The Bertz CT molecular complexity index is 1010. The molecule has 0 bridgehead atoms. The number of aryl methyl sites for hydroxylation is 1. The summed E-state index contributed by atoms with van der Waals surface area (Å²) in [5.41, 5.74) is 2.69. The van der Waals surface area contributed by atoms with Gasteiger partial charge in [0, 0.05) is 17.8 Å². The summed E-state index contributed by atoms with van der Waals surface area (Å²) >= 11 is 0. The minimum atomic E-state index is -0.374. The summed E-state index contributed by atoms with van der Waals surface area (Å²) in [4.78, 5) is 24.8. The molecule has 7 heteroatoms. The smallest absolute Gasteiger partial charge is 0.291 e. The largest absolute Gasteiger partial charge is 0.493 e. The van der Waals surface area contributed by atoms with Crippen molar-refractivity contribution in [2.45, 2.75) is 13.5 Å². The van der Waals surface area contributed by atoms with E-state index in [2.05, 4.69) is 10.6 Å². The normalized spacial score (nSPS) is 10.3. The van der Waals surface area contributed by atoms with Gasteiger partial charge in [0.05, 0.1) is 20.5 Å². The molecule has 1 aromatic heterocycles. The van der Waals surface area contributed by atoms with Crippen LogP contribution in [0, 0.1) is 6.92 Å². The fraction of sp³-hybridized carbons (Fsp3) is 0.182. The highest BCUT2D eigenvalue weighted by Crippen LogP contribution is 2.27. The van der Waals surface area contributed by atoms with Gasteiger partial charge in [-0.3, -0.25) is 9.59 Å². The molecule has 29 heavy (non-hydrogen) atoms. The van der Waals surface area contributed by atoms with Crippen molar-refractivity contribution in [2.75, 3.05) is 19.5 Å². The molecule has 2 aromatic carbocycles. The Hall–Kier alpha value is -3.74. The second-order valence-electron chi connectivity index (χ2n) is 6.33. The molecule has 0 unspecified atom stereocenters. The van der Waals surface area contributed by atoms with Gasteiger partial charge in [0.1, 0.15) is 0 Å². The van der Waals surface area contributed by atoms with Crippen molar-refractivity contribution in [2.24, 2.45) is 0 Å². The van der Waals surface area contributed by atoms with Crippen LogP contribution in [0.2, 0.25) is 0 Å². The van der Waals surface area contributed by atoms with Crippen molar-refractivity contribution in [3.63, 3.8) is 0 Å². The molecule has 150 valence electrons. The first kappa shape index (κ1) is 20.0. The van der Waals surface area contributed by atoms with Crippen molar-refractivity contribution < 1.29 is 23.5 Å². The average Bonchev–Trinajstić information content (AvgIpc) is 3.28. The van der Waals surface area contributed by atoms with E-state index in [9.17, 15) is 9.59 Å². The number of nitrogens with one attached hydrogen (secondary N) is 2. The maximum Gasteiger partial charge on any atom is 0.291 e. The van der Waals surface area contributed by atoms with E-state index in [0.29, 0.717) is 29.3 Å². The standard InChI is InChI=1S/C22H22N2O5/c1-14-6-8-16(12-17(14)24-22(26)19-5-4-10-29-19)21(25)23-13-15-7-9-18(27-2)20(11-15)28-3/h4-12H,13H2,1-3H3,(H,23,25)(H,24,26). The predicted molar refractivity (Wildman–Crippen MR) is 109 cm³/mol. The molecule has 1 heterocycles. The molecule has 2 amide bonds. The summed E-state index contributed by atoms with van der Waals surface area (Å²) in [6.07, 6.45) is 1.43. The molecule has 0 saturated carbocycles. The number of carbonyl (C=O) groups is 2. The van der Waals surface area contributed by atoms with Crippen LogP contribution in [-0.2, 0) is 6.54 Å². The lowest BCUT2D eigenvalue weighted by Crippen LogP contribution is -2.23. The number of anilines is 1. The number of hydrogen-bond donors (Lipinski definition) is 2. The van der Waals surface area contributed by atoms with Gasteiger partial charge >= 0.3 is 0 Å². The van der Waals surface area contributed by atoms with Crippen LogP contribution < -0.4 is 20.1 Å². The van der Waals surface area contributed by atoms with Crippen LogP contribution in [0.4, 0.5) is 5.69 Å². The zero-order valence-electron chi connectivity index (χ0n) is 16.4. The molecular formula is C22H22N2O5. The third kappa shape index (κ3) is 4.76. The molecule has 3 rings (SSSR count). The first-order valence-corrected chi connectivity index (χ1v) is 8.96. The van der Waals surface area contributed by atoms with Crippen molar-refractivity contribution in [3.8, 4) is 11.5 Å². The Morgan fingerprint density at radius 3 is 2.45 bits per heavy atom. The fourth-order valence-electron chi connectivity index (χ4n) is 2.76. The molecule has 0 fully saturated rings. The van der Waals surface area contributed by atoms with Gasteiger partial charge in [0.25, 0.3) is 11.8 Å². The molecule has 0 atom stereocenters. The Kier molecular flexibility index (Phi) is 6.19. The molecular weight excluding hydrogens is 372 g/mol. The summed E-state index contributed by atoms with van der Waals surface area (Å²) in [5.74, 6) is 0.789. The van der Waals surface area contributed by atoms with E-state index in [0.717, 1.165) is 11.1 Å². The van der Waals surface area contributed by atoms with Crippen LogP contribution in [0.25, 0.3) is 0 Å². The van der Waals surface area contributed by atoms with E-state index >= 15 is 0 Å². The third-order valence-corrected chi connectivity index (χ3v) is 4.39. The van der Waals surface area contributed by atoms with E-state index in [4.69, 9.17) is 13.9 Å². The monoisotopic (exact) mass is 394 g/mol. The van der Waals surface area contributed by atoms with E-state index in [1.807, 2.05) is 19.1 Å². The van der Waals surface area contributed by atoms with E-state index in [1.54, 1.807) is 50.6 Å². The van der Waals surface area contributed by atoms with Crippen LogP contribution in [-0.4, -0.2) is 26.0 Å². The van der Waals surface area contributed by atoms with E-state index in [1.165, 1.54) is 6.26 Å². The Morgan fingerprint density at radius 1 is 0.966 bits per heavy atom. The van der Waals surface area contributed by atoms with Gasteiger partial charge in [0.2, 0.25) is 0 Å². The Labute approximate surface area is 168 Å². The number of furan rings is 1. The number of rotatable bonds is 7. The molecule has 0 spiro atoms. The number of hydrogen-bond acceptors (Lipinski definition) is 5. The van der Waals surface area contributed by atoms with Gasteiger partial charge < -0.3 is 24.5 Å². The van der Waals surface area contributed by atoms with Crippen LogP contribution in [0.1, 0.15) is 32.0 Å². The van der Waals surface area contributed by atoms with Crippen molar-refractivity contribution >= 4 is 17.5 Å². The number of ether oxygens (including phenoxy) is 2. The third-order valence-electron chi connectivity index (χ3n) is 4.39. The summed E-state index contributed by atoms with van der Waals surface area (Å²) in [6, 6.07) is 13.8. The first-order chi connectivity index (χ1) is 14.0. The molecule has 0 radical (unpaired) electrons. The highest BCUT2D eigenvalue weighted by atomic mass is 16.5. The summed E-state index contributed by atoms with van der Waals surface area (Å²) < 4.78 is 15.6. The van der Waals surface area contributed by atoms with Crippen LogP contribution in [0.3, 0.4) is 0 Å². The Morgan fingerprint density at radius 2 is 1.76 bits per heavy atom. The first-order valence-electron chi connectivity index (χ1n) is 8.96. The summed E-state index contributed by atoms with van der Waals surface area (Å²) in [5, 5.41) is 5.63. The molecule has 2 N–H and O–H groups in total. The maximum atomic E-state index is 12.6. The van der Waals surface area contributed by atoms with Gasteiger partial charge in [-0.15, -0.1) is 0 Å². The van der Waals surface area contributed by atoms with Crippen molar-refractivity contribution in [1.29, 1.82) is 0 Å². The zero-order valence-corrected chi connectivity index (χ0v) is 16.4. The molecule has 0 saturated heterocycles. The van der Waals surface area contributed by atoms with E-state index in [-0.39, 0.29) is 17.6 Å². The van der Waals surface area contributed by atoms with Crippen molar-refractivity contribution in [1.82, 2.24) is 5.32 Å². The maximum absolute atomic E-state index is 12.6. The van der Waals surface area contributed by atoms with Gasteiger partial charge in [-0.25, -0.2) is 0 Å². The van der Waals surface area contributed by atoms with Gasteiger partial charge in [-0.1, -0.05) is 12.1 Å². The lowest BCUT2D eigenvalue weighted by atomic mass is 10.1. The SMILES string of the molecule is COc1ccc(CNC(=O)c2ccc(C)c(NC(=O)c3ccco3)c2)cc1OC. The average molecular weight is 394 g/mol. The second kappa shape index (κ2) is 8.97. The number of methoxy groups -OCH3 is 2. The van der Waals surface area contributed by atoms with Crippen LogP contribution in [0.5, 0.6) is 11.5 Å². The molecule has 7 nitrogen and oxygen atoms in total. The molecule has 3 aromatic rings. The van der Waals surface area contributed by atoms with Gasteiger partial charge in [-0.05, 0) is 54.4 Å². The number of benzene rings is 2. The Balaban J connectivity index is 1.69. The topological polar surface area (TPSA) is 89.8 Å². The highest BCUT2D eigenvalue weighted by molar-refractivity contribution is 6.03. The number of amides is 2. The number of carbonyl (C=O) groups excluding carboxylic acids is 2. The van der Waals surface area contributed by atoms with Gasteiger partial charge in [-0.2, -0.15) is 0 Å². The van der Waals surface area contributed by atoms with Crippen LogP contribution in [0.15, 0.2) is 59.2 Å². The van der Waals surface area contributed by atoms with Crippen LogP contribution >= 0.6 is 0 Å². The lowest BCUT2D eigenvalue weighted by molar-refractivity contribution is 0.0949. The van der Waals surface area contributed by atoms with Crippen molar-refractivity contribution in [3.05, 3.63) is 77.2 Å². The second-order valence-corrected chi connectivity index (χ2v) is 6.33. The summed E-state index contributed by atoms with van der Waals surface area (Å²) in [7, 11) is 3.13. The minimum Gasteiger partial charge on any atom is -0.493 e.